The summed E-state index contributed by atoms with van der Waals surface area (Å²) in [5.41, 5.74) is 2.36. The predicted molar refractivity (Wildman–Crippen MR) is 120 cm³/mol. The van der Waals surface area contributed by atoms with Gasteiger partial charge >= 0.3 is 0 Å². The molecule has 1 aliphatic heterocycles. The van der Waals surface area contributed by atoms with Gasteiger partial charge in [-0.2, -0.15) is 11.8 Å². The maximum atomic E-state index is 6.18. The van der Waals surface area contributed by atoms with Crippen molar-refractivity contribution in [3.63, 3.8) is 0 Å². The number of nitrogens with zero attached hydrogens (tertiary/aromatic N) is 5. The van der Waals surface area contributed by atoms with Gasteiger partial charge in [-0.15, -0.1) is 5.10 Å². The minimum atomic E-state index is 0.585. The molecule has 1 N–H and O–H groups in total. The van der Waals surface area contributed by atoms with Crippen LogP contribution in [0.25, 0.3) is 28.1 Å². The highest BCUT2D eigenvalue weighted by Crippen LogP contribution is 2.33. The average Bonchev–Trinajstić information content (AvgIpc) is 3.40. The highest BCUT2D eigenvalue weighted by Gasteiger charge is 2.19. The Morgan fingerprint density at radius 1 is 1.20 bits per heavy atom. The number of rotatable bonds is 7. The van der Waals surface area contributed by atoms with Crippen molar-refractivity contribution in [3.8, 4) is 17.3 Å². The Kier molecular flexibility index (Phi) is 5.46. The first-order chi connectivity index (χ1) is 14.8. The number of piperazine rings is 1. The lowest BCUT2D eigenvalue weighted by Gasteiger charge is -2.28. The van der Waals surface area contributed by atoms with Gasteiger partial charge in [0.2, 0.25) is 5.88 Å². The van der Waals surface area contributed by atoms with Crippen molar-refractivity contribution in [3.05, 3.63) is 36.7 Å². The molecule has 0 aromatic carbocycles. The number of thioether (sulfide) groups is 1. The summed E-state index contributed by atoms with van der Waals surface area (Å²) in [6.45, 7) is 4.43. The van der Waals surface area contributed by atoms with E-state index in [1.54, 1.807) is 16.9 Å². The highest BCUT2D eigenvalue weighted by molar-refractivity contribution is 7.98. The minimum Gasteiger partial charge on any atom is -0.477 e. The molecule has 30 heavy (non-hydrogen) atoms. The molecule has 4 aromatic rings. The van der Waals surface area contributed by atoms with Crippen LogP contribution in [0.4, 0.5) is 5.82 Å². The van der Waals surface area contributed by atoms with Crippen molar-refractivity contribution < 1.29 is 9.15 Å². The van der Waals surface area contributed by atoms with Gasteiger partial charge in [-0.1, -0.05) is 0 Å². The van der Waals surface area contributed by atoms with Crippen molar-refractivity contribution in [2.24, 2.45) is 0 Å². The van der Waals surface area contributed by atoms with Crippen LogP contribution in [0.2, 0.25) is 0 Å². The summed E-state index contributed by atoms with van der Waals surface area (Å²) in [6.07, 6.45) is 6.68. The molecule has 1 saturated heterocycles. The van der Waals surface area contributed by atoms with Crippen molar-refractivity contribution in [2.45, 2.75) is 6.42 Å². The van der Waals surface area contributed by atoms with Crippen molar-refractivity contribution in [2.75, 3.05) is 49.7 Å². The summed E-state index contributed by atoms with van der Waals surface area (Å²) in [7, 11) is 0. The van der Waals surface area contributed by atoms with Gasteiger partial charge in [-0.25, -0.2) is 14.5 Å². The number of hydrogen-bond acceptors (Lipinski definition) is 8. The van der Waals surface area contributed by atoms with Crippen LogP contribution in [0.1, 0.15) is 6.42 Å². The second-order valence-electron chi connectivity index (χ2n) is 7.17. The van der Waals surface area contributed by atoms with Crippen LogP contribution in [-0.2, 0) is 0 Å². The van der Waals surface area contributed by atoms with Crippen molar-refractivity contribution in [1.29, 1.82) is 0 Å². The topological polar surface area (TPSA) is 80.7 Å². The van der Waals surface area contributed by atoms with E-state index in [1.165, 1.54) is 0 Å². The Bertz CT molecular complexity index is 1150. The molecule has 156 valence electrons. The van der Waals surface area contributed by atoms with Gasteiger partial charge in [-0.05, 0) is 36.6 Å². The van der Waals surface area contributed by atoms with E-state index in [0.717, 1.165) is 66.5 Å². The van der Waals surface area contributed by atoms with Crippen LogP contribution in [0.3, 0.4) is 0 Å². The van der Waals surface area contributed by atoms with Crippen molar-refractivity contribution in [1.82, 2.24) is 24.9 Å². The third-order valence-corrected chi connectivity index (χ3v) is 5.87. The predicted octanol–water partition coefficient (Wildman–Crippen LogP) is 3.08. The van der Waals surface area contributed by atoms with E-state index >= 15 is 0 Å². The zero-order chi connectivity index (χ0) is 20.3. The maximum Gasteiger partial charge on any atom is 0.231 e. The molecule has 0 amide bonds. The Morgan fingerprint density at radius 3 is 2.97 bits per heavy atom. The van der Waals surface area contributed by atoms with Crippen molar-refractivity contribution >= 4 is 34.2 Å². The first-order valence-electron chi connectivity index (χ1n) is 10.1. The molecule has 4 aromatic heterocycles. The quantitative estimate of drug-likeness (QED) is 0.454. The number of fused-ring (bicyclic) bond motifs is 2. The third kappa shape index (κ3) is 3.70. The summed E-state index contributed by atoms with van der Waals surface area (Å²) < 4.78 is 13.8. The van der Waals surface area contributed by atoms with Crippen LogP contribution >= 0.6 is 11.8 Å². The molecule has 0 atom stereocenters. The average molecular weight is 425 g/mol. The fourth-order valence-corrected chi connectivity index (χ4v) is 4.09. The van der Waals surface area contributed by atoms with E-state index in [-0.39, 0.29) is 0 Å². The van der Waals surface area contributed by atoms with Crippen LogP contribution < -0.4 is 15.0 Å². The first kappa shape index (κ1) is 19.2. The third-order valence-electron chi connectivity index (χ3n) is 5.17. The van der Waals surface area contributed by atoms with Crippen LogP contribution in [0.5, 0.6) is 5.88 Å². The molecular formula is C21H24N6O2S. The Hall–Kier alpha value is -2.78. The van der Waals surface area contributed by atoms with Crippen LogP contribution in [0, 0.1) is 0 Å². The normalized spacial score (nSPS) is 14.6. The molecule has 0 radical (unpaired) electrons. The molecule has 1 aliphatic rings. The molecule has 0 aliphatic carbocycles. The first-order valence-corrected chi connectivity index (χ1v) is 11.5. The Morgan fingerprint density at radius 2 is 2.10 bits per heavy atom. The molecule has 1 fully saturated rings. The molecule has 5 rings (SSSR count). The van der Waals surface area contributed by atoms with E-state index in [4.69, 9.17) is 9.15 Å². The Balaban J connectivity index is 1.48. The Labute approximate surface area is 178 Å². The van der Waals surface area contributed by atoms with Gasteiger partial charge in [-0.3, -0.25) is 0 Å². The largest absolute Gasteiger partial charge is 0.477 e. The number of aromatic nitrogens is 4. The summed E-state index contributed by atoms with van der Waals surface area (Å²) >= 11 is 1.81. The number of imidazole rings is 1. The number of hydrogen-bond donors (Lipinski definition) is 1. The number of anilines is 1. The molecule has 0 unspecified atom stereocenters. The van der Waals surface area contributed by atoms with Crippen LogP contribution in [0.15, 0.2) is 41.1 Å². The molecule has 9 heteroatoms. The monoisotopic (exact) mass is 424 g/mol. The molecule has 0 bridgehead atoms. The number of pyridine rings is 1. The van der Waals surface area contributed by atoms with Gasteiger partial charge in [0.25, 0.3) is 0 Å². The summed E-state index contributed by atoms with van der Waals surface area (Å²) in [5, 5.41) is 9.01. The summed E-state index contributed by atoms with van der Waals surface area (Å²) in [4.78, 5) is 11.4. The smallest absolute Gasteiger partial charge is 0.231 e. The minimum absolute atomic E-state index is 0.585. The zero-order valence-electron chi connectivity index (χ0n) is 16.9. The molecular weight excluding hydrogens is 400 g/mol. The van der Waals surface area contributed by atoms with Gasteiger partial charge in [0.15, 0.2) is 11.4 Å². The van der Waals surface area contributed by atoms with Gasteiger partial charge in [0.1, 0.15) is 17.1 Å². The van der Waals surface area contributed by atoms with Gasteiger partial charge in [0, 0.05) is 38.4 Å². The number of ether oxygens (including phenoxy) is 1. The standard InChI is InChI=1S/C21H24N6O2S/c1-30-12-2-11-28-20-4-3-19-24-14-16(27(19)25-20)18-13-15-17(29-18)5-6-23-21(15)26-9-7-22-8-10-26/h3-6,13-14,22H,2,7-12H2,1H3. The van der Waals surface area contributed by atoms with E-state index < -0.39 is 0 Å². The second-order valence-corrected chi connectivity index (χ2v) is 8.16. The van der Waals surface area contributed by atoms with E-state index in [9.17, 15) is 0 Å². The van der Waals surface area contributed by atoms with Gasteiger partial charge in [0.05, 0.1) is 18.2 Å². The number of nitrogens with one attached hydrogen (secondary N) is 1. The summed E-state index contributed by atoms with van der Waals surface area (Å²) in [5.74, 6) is 3.33. The second kappa shape index (κ2) is 8.53. The number of furan rings is 1. The lowest BCUT2D eigenvalue weighted by atomic mass is 10.2. The van der Waals surface area contributed by atoms with E-state index in [2.05, 4.69) is 31.5 Å². The fourth-order valence-electron chi connectivity index (χ4n) is 3.69. The summed E-state index contributed by atoms with van der Waals surface area (Å²) in [6, 6.07) is 7.71. The molecule has 0 saturated carbocycles. The van der Waals surface area contributed by atoms with E-state index in [1.807, 2.05) is 36.0 Å². The lowest BCUT2D eigenvalue weighted by Crippen LogP contribution is -2.43. The van der Waals surface area contributed by atoms with Gasteiger partial charge < -0.3 is 19.4 Å². The van der Waals surface area contributed by atoms with E-state index in [0.29, 0.717) is 18.2 Å². The zero-order valence-corrected chi connectivity index (χ0v) is 17.7. The lowest BCUT2D eigenvalue weighted by molar-refractivity contribution is 0.302. The SMILES string of the molecule is CSCCCOc1ccc2ncc(-c3cc4c(N5CCNCC5)nccc4o3)n2n1. The highest BCUT2D eigenvalue weighted by atomic mass is 32.2. The maximum absolute atomic E-state index is 6.18. The molecule has 8 nitrogen and oxygen atoms in total. The molecule has 0 spiro atoms. The van der Waals surface area contributed by atoms with Crippen LogP contribution in [-0.4, -0.2) is 64.4 Å². The molecule has 5 heterocycles. The fraction of sp³-hybridized carbons (Fsp3) is 0.381.